The number of carbonyl (C=O) groups is 1. The Morgan fingerprint density at radius 3 is 3.05 bits per heavy atom. The summed E-state index contributed by atoms with van der Waals surface area (Å²) in [4.78, 5) is 20.8. The van der Waals surface area contributed by atoms with E-state index in [1.807, 2.05) is 18.2 Å². The summed E-state index contributed by atoms with van der Waals surface area (Å²) in [5.41, 5.74) is 2.16. The van der Waals surface area contributed by atoms with E-state index in [1.54, 1.807) is 12.4 Å². The minimum absolute atomic E-state index is 0.147. The third-order valence-electron chi connectivity index (χ3n) is 3.75. The van der Waals surface area contributed by atoms with Gasteiger partial charge in [-0.3, -0.25) is 14.8 Å². The quantitative estimate of drug-likeness (QED) is 0.783. The molecule has 1 aromatic carbocycles. The van der Waals surface area contributed by atoms with Gasteiger partial charge in [-0.15, -0.1) is 0 Å². The number of para-hydroxylation sites is 1. The van der Waals surface area contributed by atoms with Crippen LogP contribution in [0.3, 0.4) is 0 Å². The van der Waals surface area contributed by atoms with Crippen LogP contribution in [0.1, 0.15) is 42.5 Å². The number of Topliss-reactive ketones (excluding diaryl/α,β-unsaturated/α-hetero) is 1. The van der Waals surface area contributed by atoms with Gasteiger partial charge in [0, 0.05) is 31.0 Å². The van der Waals surface area contributed by atoms with Gasteiger partial charge < -0.3 is 4.74 Å². The normalized spacial score (nSPS) is 18.5. The van der Waals surface area contributed by atoms with E-state index in [2.05, 4.69) is 9.97 Å². The van der Waals surface area contributed by atoms with Crippen molar-refractivity contribution in [3.63, 3.8) is 0 Å². The van der Waals surface area contributed by atoms with Gasteiger partial charge in [0.15, 0.2) is 5.78 Å². The van der Waals surface area contributed by atoms with Gasteiger partial charge in [0.1, 0.15) is 0 Å². The first-order valence-corrected chi connectivity index (χ1v) is 7.19. The van der Waals surface area contributed by atoms with Crippen LogP contribution in [0.25, 0.3) is 11.0 Å². The van der Waals surface area contributed by atoms with Crippen LogP contribution < -0.4 is 0 Å². The Hall–Kier alpha value is -1.81. The van der Waals surface area contributed by atoms with Crippen molar-refractivity contribution in [2.24, 2.45) is 0 Å². The van der Waals surface area contributed by atoms with Crippen LogP contribution in [0.15, 0.2) is 30.6 Å². The Bertz CT molecular complexity index is 601. The van der Waals surface area contributed by atoms with Crippen molar-refractivity contribution >= 4 is 16.8 Å². The number of hydrogen-bond acceptors (Lipinski definition) is 4. The second-order valence-electron chi connectivity index (χ2n) is 5.18. The minimum atomic E-state index is 0.147. The van der Waals surface area contributed by atoms with Crippen molar-refractivity contribution in [1.29, 1.82) is 0 Å². The zero-order valence-electron chi connectivity index (χ0n) is 11.4. The highest BCUT2D eigenvalue weighted by Gasteiger charge is 2.16. The van der Waals surface area contributed by atoms with Crippen LogP contribution in [0.4, 0.5) is 0 Å². The number of carbonyl (C=O) groups excluding carboxylic acids is 1. The highest BCUT2D eigenvalue weighted by molar-refractivity contribution is 6.05. The third-order valence-corrected chi connectivity index (χ3v) is 3.75. The monoisotopic (exact) mass is 270 g/mol. The van der Waals surface area contributed by atoms with Crippen LogP contribution in [0.2, 0.25) is 0 Å². The molecule has 0 N–H and O–H groups in total. The van der Waals surface area contributed by atoms with Crippen LogP contribution in [0.5, 0.6) is 0 Å². The molecule has 1 unspecified atom stereocenters. The summed E-state index contributed by atoms with van der Waals surface area (Å²) in [6.07, 6.45) is 8.32. The molecule has 3 rings (SSSR count). The summed E-state index contributed by atoms with van der Waals surface area (Å²) in [7, 11) is 0. The average Bonchev–Trinajstić information content (AvgIpc) is 3.00. The molecule has 104 valence electrons. The molecular formula is C16H18N2O2. The van der Waals surface area contributed by atoms with Crippen molar-refractivity contribution in [1.82, 2.24) is 9.97 Å². The van der Waals surface area contributed by atoms with E-state index < -0.39 is 0 Å². The lowest BCUT2D eigenvalue weighted by Gasteiger charge is -2.08. The summed E-state index contributed by atoms with van der Waals surface area (Å²) in [6.45, 7) is 0.873. The molecule has 4 nitrogen and oxygen atoms in total. The zero-order valence-corrected chi connectivity index (χ0v) is 11.4. The molecule has 0 amide bonds. The Labute approximate surface area is 118 Å². The number of rotatable bonds is 5. The lowest BCUT2D eigenvalue weighted by atomic mass is 10.0. The van der Waals surface area contributed by atoms with Crippen molar-refractivity contribution < 1.29 is 9.53 Å². The van der Waals surface area contributed by atoms with E-state index in [4.69, 9.17) is 4.74 Å². The standard InChI is InChI=1S/C16H18N2O2/c19-15(8-1-4-12-5-3-11-20-12)13-6-2-7-14-16(13)18-10-9-17-14/h2,6-7,9-10,12H,1,3-5,8,11H2. The van der Waals surface area contributed by atoms with E-state index >= 15 is 0 Å². The summed E-state index contributed by atoms with van der Waals surface area (Å²) >= 11 is 0. The summed E-state index contributed by atoms with van der Waals surface area (Å²) in [6, 6.07) is 5.58. The summed E-state index contributed by atoms with van der Waals surface area (Å²) < 4.78 is 5.58. The van der Waals surface area contributed by atoms with Gasteiger partial charge >= 0.3 is 0 Å². The van der Waals surface area contributed by atoms with E-state index in [0.717, 1.165) is 37.8 Å². The Morgan fingerprint density at radius 1 is 1.30 bits per heavy atom. The lowest BCUT2D eigenvalue weighted by molar-refractivity contribution is 0.0924. The second-order valence-corrected chi connectivity index (χ2v) is 5.18. The maximum Gasteiger partial charge on any atom is 0.165 e. The number of aromatic nitrogens is 2. The molecule has 2 aromatic rings. The van der Waals surface area contributed by atoms with Gasteiger partial charge in [0.2, 0.25) is 0 Å². The van der Waals surface area contributed by atoms with Gasteiger partial charge in [0.05, 0.1) is 17.1 Å². The average molecular weight is 270 g/mol. The summed E-state index contributed by atoms with van der Waals surface area (Å²) in [5, 5.41) is 0. The molecule has 0 aliphatic carbocycles. The minimum Gasteiger partial charge on any atom is -0.378 e. The molecule has 1 aromatic heterocycles. The molecule has 1 fully saturated rings. The van der Waals surface area contributed by atoms with Crippen molar-refractivity contribution in [3.8, 4) is 0 Å². The van der Waals surface area contributed by atoms with Gasteiger partial charge in [-0.25, -0.2) is 0 Å². The zero-order chi connectivity index (χ0) is 13.8. The Kier molecular flexibility index (Phi) is 4.02. The predicted molar refractivity (Wildman–Crippen MR) is 76.7 cm³/mol. The topological polar surface area (TPSA) is 52.1 Å². The molecule has 1 aliphatic rings. The largest absolute Gasteiger partial charge is 0.378 e. The molecule has 20 heavy (non-hydrogen) atoms. The maximum absolute atomic E-state index is 12.3. The molecule has 0 spiro atoms. The van der Waals surface area contributed by atoms with Gasteiger partial charge in [-0.2, -0.15) is 0 Å². The van der Waals surface area contributed by atoms with E-state index in [9.17, 15) is 4.79 Å². The van der Waals surface area contributed by atoms with E-state index in [1.165, 1.54) is 0 Å². The van der Waals surface area contributed by atoms with Gasteiger partial charge in [-0.05, 0) is 37.8 Å². The van der Waals surface area contributed by atoms with Gasteiger partial charge in [-0.1, -0.05) is 6.07 Å². The van der Waals surface area contributed by atoms with Crippen molar-refractivity contribution in [3.05, 3.63) is 36.2 Å². The fourth-order valence-electron chi connectivity index (χ4n) is 2.71. The smallest absolute Gasteiger partial charge is 0.165 e. The maximum atomic E-state index is 12.3. The number of benzene rings is 1. The predicted octanol–water partition coefficient (Wildman–Crippen LogP) is 3.16. The molecule has 0 bridgehead atoms. The first-order valence-electron chi connectivity index (χ1n) is 7.19. The molecule has 0 radical (unpaired) electrons. The Morgan fingerprint density at radius 2 is 2.20 bits per heavy atom. The third kappa shape index (κ3) is 2.85. The van der Waals surface area contributed by atoms with Crippen molar-refractivity contribution in [2.75, 3.05) is 6.61 Å². The first-order chi connectivity index (χ1) is 9.84. The fraction of sp³-hybridized carbons (Fsp3) is 0.438. The molecule has 4 heteroatoms. The lowest BCUT2D eigenvalue weighted by Crippen LogP contribution is -2.07. The second kappa shape index (κ2) is 6.09. The highest BCUT2D eigenvalue weighted by Crippen LogP contribution is 2.20. The highest BCUT2D eigenvalue weighted by atomic mass is 16.5. The molecule has 1 aliphatic heterocycles. The van der Waals surface area contributed by atoms with Gasteiger partial charge in [0.25, 0.3) is 0 Å². The SMILES string of the molecule is O=C(CCCC1CCCO1)c1cccc2nccnc12. The molecule has 2 heterocycles. The molecule has 1 atom stereocenters. The van der Waals surface area contributed by atoms with E-state index in [-0.39, 0.29) is 5.78 Å². The van der Waals surface area contributed by atoms with Crippen LogP contribution in [0, 0.1) is 0 Å². The van der Waals surface area contributed by atoms with Crippen LogP contribution in [-0.2, 0) is 4.74 Å². The summed E-state index contributed by atoms with van der Waals surface area (Å²) in [5.74, 6) is 0.147. The first kappa shape index (κ1) is 13.2. The van der Waals surface area contributed by atoms with E-state index in [0.29, 0.717) is 23.6 Å². The van der Waals surface area contributed by atoms with Crippen LogP contribution >= 0.6 is 0 Å². The molecule has 0 saturated carbocycles. The number of hydrogen-bond donors (Lipinski definition) is 0. The number of fused-ring (bicyclic) bond motifs is 1. The Balaban J connectivity index is 1.66. The van der Waals surface area contributed by atoms with Crippen molar-refractivity contribution in [2.45, 2.75) is 38.2 Å². The number of ether oxygens (including phenoxy) is 1. The van der Waals surface area contributed by atoms with Crippen LogP contribution in [-0.4, -0.2) is 28.5 Å². The number of nitrogens with zero attached hydrogens (tertiary/aromatic N) is 2. The fourth-order valence-corrected chi connectivity index (χ4v) is 2.71. The number of ketones is 1. The molecular weight excluding hydrogens is 252 g/mol. The molecule has 1 saturated heterocycles.